The third-order valence-corrected chi connectivity index (χ3v) is 4.71. The van der Waals surface area contributed by atoms with Gasteiger partial charge in [-0.2, -0.15) is 0 Å². The molecule has 1 N–H and O–H groups in total. The summed E-state index contributed by atoms with van der Waals surface area (Å²) in [4.78, 5) is 14.8. The maximum atomic E-state index is 12.4. The molecule has 1 heterocycles. The lowest BCUT2D eigenvalue weighted by atomic mass is 10.1. The van der Waals surface area contributed by atoms with Crippen LogP contribution >= 0.6 is 0 Å². The van der Waals surface area contributed by atoms with Crippen LogP contribution in [0.3, 0.4) is 0 Å². The quantitative estimate of drug-likeness (QED) is 0.778. The first-order valence-corrected chi connectivity index (χ1v) is 9.43. The summed E-state index contributed by atoms with van der Waals surface area (Å²) < 4.78 is 5.39. The largest absolute Gasteiger partial charge is 0.379 e. The standard InChI is InChI=1S/C22H28N2O2/c1-18-5-2-6-19(15-18)8-4-10-23-22(25)21-9-3-7-20(16-21)17-24-11-13-26-14-12-24/h2-3,5-7,9,15-16H,4,8,10-14,17H2,1H3,(H,23,25). The molecule has 0 aromatic heterocycles. The molecule has 0 radical (unpaired) electrons. The van der Waals surface area contributed by atoms with Gasteiger partial charge in [0.05, 0.1) is 13.2 Å². The van der Waals surface area contributed by atoms with E-state index in [2.05, 4.69) is 47.5 Å². The molecule has 0 saturated carbocycles. The van der Waals surface area contributed by atoms with Crippen LogP contribution in [0.5, 0.6) is 0 Å². The summed E-state index contributed by atoms with van der Waals surface area (Å²) in [6, 6.07) is 16.5. The van der Waals surface area contributed by atoms with Crippen molar-refractivity contribution < 1.29 is 9.53 Å². The van der Waals surface area contributed by atoms with Gasteiger partial charge in [-0.05, 0) is 43.0 Å². The van der Waals surface area contributed by atoms with E-state index in [1.54, 1.807) is 0 Å². The van der Waals surface area contributed by atoms with Gasteiger partial charge in [-0.3, -0.25) is 9.69 Å². The lowest BCUT2D eigenvalue weighted by Gasteiger charge is -2.26. The fraction of sp³-hybridized carbons (Fsp3) is 0.409. The van der Waals surface area contributed by atoms with Crippen molar-refractivity contribution in [1.82, 2.24) is 10.2 Å². The highest BCUT2D eigenvalue weighted by atomic mass is 16.5. The number of hydrogen-bond acceptors (Lipinski definition) is 3. The Morgan fingerprint density at radius 2 is 1.85 bits per heavy atom. The molecule has 1 aliphatic rings. The monoisotopic (exact) mass is 352 g/mol. The average Bonchev–Trinajstić information content (AvgIpc) is 2.66. The number of nitrogens with one attached hydrogen (secondary N) is 1. The molecule has 2 aromatic rings. The van der Waals surface area contributed by atoms with E-state index in [-0.39, 0.29) is 5.91 Å². The number of benzene rings is 2. The molecule has 0 aliphatic carbocycles. The van der Waals surface area contributed by atoms with Crippen LogP contribution in [0.15, 0.2) is 48.5 Å². The second-order valence-electron chi connectivity index (χ2n) is 6.94. The average molecular weight is 352 g/mol. The van der Waals surface area contributed by atoms with E-state index in [4.69, 9.17) is 4.74 Å². The summed E-state index contributed by atoms with van der Waals surface area (Å²) in [6.07, 6.45) is 1.93. The molecular weight excluding hydrogens is 324 g/mol. The summed E-state index contributed by atoms with van der Waals surface area (Å²) >= 11 is 0. The minimum atomic E-state index is 0.0121. The molecule has 0 spiro atoms. The molecule has 1 fully saturated rings. The number of ether oxygens (including phenoxy) is 1. The van der Waals surface area contributed by atoms with Crippen LogP contribution in [0.25, 0.3) is 0 Å². The second-order valence-corrected chi connectivity index (χ2v) is 6.94. The second kappa shape index (κ2) is 9.51. The zero-order valence-corrected chi connectivity index (χ0v) is 15.5. The minimum absolute atomic E-state index is 0.0121. The minimum Gasteiger partial charge on any atom is -0.379 e. The molecule has 0 atom stereocenters. The fourth-order valence-electron chi connectivity index (χ4n) is 3.29. The summed E-state index contributed by atoms with van der Waals surface area (Å²) in [6.45, 7) is 7.17. The molecule has 3 rings (SSSR count). The van der Waals surface area contributed by atoms with Crippen molar-refractivity contribution in [3.8, 4) is 0 Å². The van der Waals surface area contributed by atoms with Gasteiger partial charge in [0, 0.05) is 31.7 Å². The number of morpholine rings is 1. The fourth-order valence-corrected chi connectivity index (χ4v) is 3.29. The number of carbonyl (C=O) groups is 1. The highest BCUT2D eigenvalue weighted by molar-refractivity contribution is 5.94. The Balaban J connectivity index is 1.46. The third kappa shape index (κ3) is 5.68. The Bertz CT molecular complexity index is 724. The van der Waals surface area contributed by atoms with Crippen LogP contribution in [0, 0.1) is 6.92 Å². The topological polar surface area (TPSA) is 41.6 Å². The lowest BCUT2D eigenvalue weighted by Crippen LogP contribution is -2.35. The summed E-state index contributed by atoms with van der Waals surface area (Å²) in [5.74, 6) is 0.0121. The molecule has 4 nitrogen and oxygen atoms in total. The molecule has 4 heteroatoms. The van der Waals surface area contributed by atoms with Gasteiger partial charge in [0.1, 0.15) is 0 Å². The lowest BCUT2D eigenvalue weighted by molar-refractivity contribution is 0.0342. The van der Waals surface area contributed by atoms with Gasteiger partial charge in [-0.1, -0.05) is 42.0 Å². The molecular formula is C22H28N2O2. The van der Waals surface area contributed by atoms with Crippen molar-refractivity contribution in [1.29, 1.82) is 0 Å². The van der Waals surface area contributed by atoms with Crippen LogP contribution in [-0.2, 0) is 17.7 Å². The highest BCUT2D eigenvalue weighted by Gasteiger charge is 2.12. The molecule has 1 saturated heterocycles. The van der Waals surface area contributed by atoms with Crippen molar-refractivity contribution in [2.75, 3.05) is 32.8 Å². The maximum absolute atomic E-state index is 12.4. The molecule has 138 valence electrons. The zero-order chi connectivity index (χ0) is 18.2. The SMILES string of the molecule is Cc1cccc(CCCNC(=O)c2cccc(CN3CCOCC3)c2)c1. The third-order valence-electron chi connectivity index (χ3n) is 4.71. The van der Waals surface area contributed by atoms with E-state index < -0.39 is 0 Å². The van der Waals surface area contributed by atoms with Crippen LogP contribution in [-0.4, -0.2) is 43.7 Å². The predicted octanol–water partition coefficient (Wildman–Crippen LogP) is 3.19. The molecule has 1 aliphatic heterocycles. The van der Waals surface area contributed by atoms with Gasteiger partial charge < -0.3 is 10.1 Å². The zero-order valence-electron chi connectivity index (χ0n) is 15.5. The molecule has 2 aromatic carbocycles. The van der Waals surface area contributed by atoms with E-state index in [1.807, 2.05) is 18.2 Å². The summed E-state index contributed by atoms with van der Waals surface area (Å²) in [5.41, 5.74) is 4.53. The Morgan fingerprint density at radius 3 is 2.65 bits per heavy atom. The first-order chi connectivity index (χ1) is 12.7. The van der Waals surface area contributed by atoms with Gasteiger partial charge in [0.2, 0.25) is 0 Å². The molecule has 1 amide bonds. The van der Waals surface area contributed by atoms with Crippen LogP contribution in [0.4, 0.5) is 0 Å². The first kappa shape index (κ1) is 18.6. The predicted molar refractivity (Wildman–Crippen MR) is 104 cm³/mol. The van der Waals surface area contributed by atoms with Crippen LogP contribution in [0.1, 0.15) is 33.5 Å². The van der Waals surface area contributed by atoms with E-state index in [0.29, 0.717) is 6.54 Å². The summed E-state index contributed by atoms with van der Waals surface area (Å²) in [7, 11) is 0. The molecule has 26 heavy (non-hydrogen) atoms. The Morgan fingerprint density at radius 1 is 1.08 bits per heavy atom. The maximum Gasteiger partial charge on any atom is 0.251 e. The van der Waals surface area contributed by atoms with Crippen molar-refractivity contribution in [3.05, 3.63) is 70.8 Å². The number of rotatable bonds is 7. The van der Waals surface area contributed by atoms with Crippen molar-refractivity contribution in [2.24, 2.45) is 0 Å². The first-order valence-electron chi connectivity index (χ1n) is 9.43. The molecule has 0 bridgehead atoms. The van der Waals surface area contributed by atoms with Gasteiger partial charge in [0.15, 0.2) is 0 Å². The van der Waals surface area contributed by atoms with E-state index >= 15 is 0 Å². The number of aryl methyl sites for hydroxylation is 2. The number of hydrogen-bond donors (Lipinski definition) is 1. The van der Waals surface area contributed by atoms with Crippen LogP contribution < -0.4 is 5.32 Å². The van der Waals surface area contributed by atoms with Crippen molar-refractivity contribution in [3.63, 3.8) is 0 Å². The van der Waals surface area contributed by atoms with Crippen LogP contribution in [0.2, 0.25) is 0 Å². The number of carbonyl (C=O) groups excluding carboxylic acids is 1. The van der Waals surface area contributed by atoms with Gasteiger partial charge in [-0.15, -0.1) is 0 Å². The van der Waals surface area contributed by atoms with Gasteiger partial charge in [0.25, 0.3) is 5.91 Å². The smallest absolute Gasteiger partial charge is 0.251 e. The van der Waals surface area contributed by atoms with E-state index in [9.17, 15) is 4.79 Å². The number of amides is 1. The van der Waals surface area contributed by atoms with Crippen molar-refractivity contribution >= 4 is 5.91 Å². The number of nitrogens with zero attached hydrogens (tertiary/aromatic N) is 1. The van der Waals surface area contributed by atoms with Gasteiger partial charge in [-0.25, -0.2) is 0 Å². The van der Waals surface area contributed by atoms with Crippen molar-refractivity contribution in [2.45, 2.75) is 26.3 Å². The van der Waals surface area contributed by atoms with Gasteiger partial charge >= 0.3 is 0 Å². The Labute approximate surface area is 156 Å². The highest BCUT2D eigenvalue weighted by Crippen LogP contribution is 2.10. The summed E-state index contributed by atoms with van der Waals surface area (Å²) in [5, 5.41) is 3.04. The Kier molecular flexibility index (Phi) is 6.81. The Hall–Kier alpha value is -2.17. The normalized spacial score (nSPS) is 15.0. The van der Waals surface area contributed by atoms with E-state index in [1.165, 1.54) is 16.7 Å². The molecule has 0 unspecified atom stereocenters. The van der Waals surface area contributed by atoms with E-state index in [0.717, 1.165) is 51.3 Å².